The molecule has 142 valence electrons. The summed E-state index contributed by atoms with van der Waals surface area (Å²) < 4.78 is 2.12. The van der Waals surface area contributed by atoms with Gasteiger partial charge in [-0.05, 0) is 32.8 Å². The van der Waals surface area contributed by atoms with Crippen molar-refractivity contribution in [3.63, 3.8) is 0 Å². The van der Waals surface area contributed by atoms with Gasteiger partial charge in [0.05, 0.1) is 16.6 Å². The molecule has 0 bridgehead atoms. The fourth-order valence-electron chi connectivity index (χ4n) is 3.54. The number of amides is 2. The smallest absolute Gasteiger partial charge is 0.407 e. The third-order valence-corrected chi connectivity index (χ3v) is 6.16. The number of rotatable bonds is 6. The lowest BCUT2D eigenvalue weighted by molar-refractivity contribution is 0.0948. The maximum absolute atomic E-state index is 12.5. The number of carboxylic acid groups (broad SMARTS) is 1. The predicted octanol–water partition coefficient (Wildman–Crippen LogP) is 3.64. The van der Waals surface area contributed by atoms with Crippen molar-refractivity contribution in [3.05, 3.63) is 16.6 Å². The van der Waals surface area contributed by atoms with Crippen LogP contribution >= 0.6 is 11.3 Å². The minimum atomic E-state index is -0.966. The highest BCUT2D eigenvalue weighted by Gasteiger charge is 2.22. The minimum Gasteiger partial charge on any atom is -0.465 e. The zero-order chi connectivity index (χ0) is 18.7. The van der Waals surface area contributed by atoms with Gasteiger partial charge in [0.15, 0.2) is 0 Å². The van der Waals surface area contributed by atoms with Crippen LogP contribution in [0.25, 0.3) is 10.2 Å². The highest BCUT2D eigenvalue weighted by atomic mass is 32.1. The molecule has 2 aromatic heterocycles. The molecular weight excluding hydrogens is 352 g/mol. The van der Waals surface area contributed by atoms with Gasteiger partial charge in [0, 0.05) is 25.0 Å². The Hall–Kier alpha value is -2.09. The molecule has 7 nitrogen and oxygen atoms in total. The Labute approximate surface area is 157 Å². The van der Waals surface area contributed by atoms with Crippen molar-refractivity contribution in [2.75, 3.05) is 19.6 Å². The van der Waals surface area contributed by atoms with E-state index in [1.165, 1.54) is 35.5 Å². The molecule has 0 aliphatic heterocycles. The van der Waals surface area contributed by atoms with E-state index in [2.05, 4.69) is 10.00 Å². The summed E-state index contributed by atoms with van der Waals surface area (Å²) >= 11 is 1.48. The average molecular weight is 378 g/mol. The molecule has 2 amide bonds. The molecule has 0 saturated heterocycles. The van der Waals surface area contributed by atoms with Crippen LogP contribution in [-0.4, -0.2) is 51.4 Å². The maximum atomic E-state index is 12.5. The predicted molar refractivity (Wildman–Crippen MR) is 102 cm³/mol. The standard InChI is InChI=1S/C18H26N4O3S/c1-3-21(18(24)25)10-9-19-16(23)15-11-14-12(2)20-22(17(14)26-15)13-7-5-4-6-8-13/h11,13H,3-10H2,1-2H3,(H,19,23)(H,24,25). The Morgan fingerprint density at radius 3 is 2.77 bits per heavy atom. The van der Waals surface area contributed by atoms with Gasteiger partial charge in [-0.25, -0.2) is 4.79 Å². The Bertz CT molecular complexity index is 792. The van der Waals surface area contributed by atoms with Crippen molar-refractivity contribution in [1.29, 1.82) is 0 Å². The Balaban J connectivity index is 1.70. The first kappa shape index (κ1) is 18.7. The first-order valence-electron chi connectivity index (χ1n) is 9.26. The lowest BCUT2D eigenvalue weighted by Crippen LogP contribution is -2.37. The zero-order valence-electron chi connectivity index (χ0n) is 15.3. The van der Waals surface area contributed by atoms with Crippen molar-refractivity contribution in [3.8, 4) is 0 Å². The zero-order valence-corrected chi connectivity index (χ0v) is 16.1. The summed E-state index contributed by atoms with van der Waals surface area (Å²) in [5.74, 6) is -0.151. The summed E-state index contributed by atoms with van der Waals surface area (Å²) in [6.07, 6.45) is 5.10. The quantitative estimate of drug-likeness (QED) is 0.803. The largest absolute Gasteiger partial charge is 0.465 e. The number of likely N-dealkylation sites (N-methyl/N-ethyl adjacent to an activating group) is 1. The summed E-state index contributed by atoms with van der Waals surface area (Å²) in [6, 6.07) is 2.34. The molecule has 8 heteroatoms. The van der Waals surface area contributed by atoms with Gasteiger partial charge in [0.25, 0.3) is 5.91 Å². The molecule has 2 heterocycles. The fraction of sp³-hybridized carbons (Fsp3) is 0.611. The molecule has 0 unspecified atom stereocenters. The van der Waals surface area contributed by atoms with Crippen LogP contribution < -0.4 is 5.32 Å². The Morgan fingerprint density at radius 2 is 2.12 bits per heavy atom. The van der Waals surface area contributed by atoms with E-state index in [0.717, 1.165) is 28.8 Å². The van der Waals surface area contributed by atoms with E-state index in [1.807, 2.05) is 13.0 Å². The molecule has 1 aliphatic carbocycles. The number of aromatic nitrogens is 2. The second kappa shape index (κ2) is 8.07. The van der Waals surface area contributed by atoms with Crippen molar-refractivity contribution >= 4 is 33.6 Å². The molecule has 2 N–H and O–H groups in total. The van der Waals surface area contributed by atoms with Gasteiger partial charge >= 0.3 is 6.09 Å². The monoisotopic (exact) mass is 378 g/mol. The van der Waals surface area contributed by atoms with Crippen LogP contribution in [0, 0.1) is 6.92 Å². The van der Waals surface area contributed by atoms with Crippen LogP contribution in [0.1, 0.15) is 60.4 Å². The van der Waals surface area contributed by atoms with E-state index in [9.17, 15) is 9.59 Å². The lowest BCUT2D eigenvalue weighted by Gasteiger charge is -2.22. The van der Waals surface area contributed by atoms with Crippen LogP contribution in [0.5, 0.6) is 0 Å². The first-order valence-corrected chi connectivity index (χ1v) is 10.1. The molecule has 0 aromatic carbocycles. The molecule has 0 spiro atoms. The number of nitrogens with zero attached hydrogens (tertiary/aromatic N) is 3. The van der Waals surface area contributed by atoms with Crippen LogP contribution in [0.2, 0.25) is 0 Å². The molecule has 3 rings (SSSR count). The lowest BCUT2D eigenvalue weighted by atomic mass is 9.96. The number of carbonyl (C=O) groups excluding carboxylic acids is 1. The summed E-state index contributed by atoms with van der Waals surface area (Å²) in [4.78, 5) is 26.4. The fourth-order valence-corrected chi connectivity index (χ4v) is 4.69. The Kier molecular flexibility index (Phi) is 5.80. The van der Waals surface area contributed by atoms with Gasteiger partial charge in [0.1, 0.15) is 4.83 Å². The second-order valence-corrected chi connectivity index (χ2v) is 7.80. The number of hydrogen-bond acceptors (Lipinski definition) is 4. The summed E-state index contributed by atoms with van der Waals surface area (Å²) in [6.45, 7) is 4.77. The highest BCUT2D eigenvalue weighted by Crippen LogP contribution is 2.35. The molecular formula is C18H26N4O3S. The topological polar surface area (TPSA) is 87.5 Å². The molecule has 0 atom stereocenters. The minimum absolute atomic E-state index is 0.151. The summed E-state index contributed by atoms with van der Waals surface area (Å²) in [5.41, 5.74) is 0.962. The van der Waals surface area contributed by atoms with Gasteiger partial charge in [-0.1, -0.05) is 19.3 Å². The van der Waals surface area contributed by atoms with E-state index in [0.29, 0.717) is 24.0 Å². The number of fused-ring (bicyclic) bond motifs is 1. The number of hydrogen-bond donors (Lipinski definition) is 2. The van der Waals surface area contributed by atoms with Crippen LogP contribution in [-0.2, 0) is 0 Å². The van der Waals surface area contributed by atoms with Crippen LogP contribution in [0.3, 0.4) is 0 Å². The molecule has 1 saturated carbocycles. The average Bonchev–Trinajstić information content (AvgIpc) is 3.20. The van der Waals surface area contributed by atoms with Crippen LogP contribution in [0.4, 0.5) is 4.79 Å². The second-order valence-electron chi connectivity index (χ2n) is 6.77. The molecule has 1 aliphatic rings. The third kappa shape index (κ3) is 3.85. The normalized spacial score (nSPS) is 15.3. The van der Waals surface area contributed by atoms with Gasteiger partial charge in [-0.2, -0.15) is 5.10 Å². The molecule has 0 radical (unpaired) electrons. The molecule has 2 aromatic rings. The highest BCUT2D eigenvalue weighted by molar-refractivity contribution is 7.20. The van der Waals surface area contributed by atoms with Crippen LogP contribution in [0.15, 0.2) is 6.07 Å². The number of carbonyl (C=O) groups is 2. The van der Waals surface area contributed by atoms with E-state index >= 15 is 0 Å². The Morgan fingerprint density at radius 1 is 1.38 bits per heavy atom. The number of aryl methyl sites for hydroxylation is 1. The van der Waals surface area contributed by atoms with Crippen molar-refractivity contribution < 1.29 is 14.7 Å². The van der Waals surface area contributed by atoms with Crippen molar-refractivity contribution in [2.24, 2.45) is 0 Å². The van der Waals surface area contributed by atoms with E-state index in [-0.39, 0.29) is 12.5 Å². The summed E-state index contributed by atoms with van der Waals surface area (Å²) in [5, 5.41) is 17.6. The van der Waals surface area contributed by atoms with E-state index in [1.54, 1.807) is 6.92 Å². The molecule has 1 fully saturated rings. The third-order valence-electron chi connectivity index (χ3n) is 5.03. The first-order chi connectivity index (χ1) is 12.5. The molecule has 26 heavy (non-hydrogen) atoms. The van der Waals surface area contributed by atoms with E-state index in [4.69, 9.17) is 10.2 Å². The maximum Gasteiger partial charge on any atom is 0.407 e. The van der Waals surface area contributed by atoms with Gasteiger partial charge in [-0.3, -0.25) is 9.48 Å². The number of nitrogens with one attached hydrogen (secondary N) is 1. The van der Waals surface area contributed by atoms with Crippen molar-refractivity contribution in [1.82, 2.24) is 20.0 Å². The van der Waals surface area contributed by atoms with Gasteiger partial charge in [0.2, 0.25) is 0 Å². The summed E-state index contributed by atoms with van der Waals surface area (Å²) in [7, 11) is 0. The number of thiophene rings is 1. The SMILES string of the molecule is CCN(CCNC(=O)c1cc2c(C)nn(C3CCCCC3)c2s1)C(=O)O. The van der Waals surface area contributed by atoms with Gasteiger partial charge < -0.3 is 15.3 Å². The van der Waals surface area contributed by atoms with Crippen molar-refractivity contribution in [2.45, 2.75) is 52.0 Å². The van der Waals surface area contributed by atoms with E-state index < -0.39 is 6.09 Å². The van der Waals surface area contributed by atoms with Gasteiger partial charge in [-0.15, -0.1) is 11.3 Å².